The maximum atomic E-state index is 13.0. The number of ketones is 1. The minimum Gasteiger partial charge on any atom is -0.477 e. The first-order valence-corrected chi connectivity index (χ1v) is 12.5. The van der Waals surface area contributed by atoms with Gasteiger partial charge < -0.3 is 14.6 Å². The van der Waals surface area contributed by atoms with Gasteiger partial charge in [-0.05, 0) is 34.9 Å². The molecule has 0 aromatic heterocycles. The van der Waals surface area contributed by atoms with Gasteiger partial charge in [0.1, 0.15) is 5.57 Å². The van der Waals surface area contributed by atoms with Crippen LogP contribution in [0.2, 0.25) is 0 Å². The average Bonchev–Trinajstić information content (AvgIpc) is 3.33. The van der Waals surface area contributed by atoms with Crippen molar-refractivity contribution < 1.29 is 24.2 Å². The van der Waals surface area contributed by atoms with Gasteiger partial charge in [-0.15, -0.1) is 23.5 Å². The first kappa shape index (κ1) is 23.7. The second kappa shape index (κ2) is 11.6. The van der Waals surface area contributed by atoms with E-state index in [1.165, 1.54) is 29.6 Å². The molecule has 172 valence electrons. The summed E-state index contributed by atoms with van der Waals surface area (Å²) in [6.07, 6.45) is 2.89. The molecule has 7 heteroatoms. The van der Waals surface area contributed by atoms with E-state index in [9.17, 15) is 14.7 Å². The van der Waals surface area contributed by atoms with Gasteiger partial charge in [-0.1, -0.05) is 72.8 Å². The van der Waals surface area contributed by atoms with E-state index in [-0.39, 0.29) is 12.4 Å². The normalized spacial score (nSPS) is 12.0. The monoisotopic (exact) mass is 490 g/mol. The third-order valence-electron chi connectivity index (χ3n) is 4.91. The van der Waals surface area contributed by atoms with Crippen LogP contribution in [0.4, 0.5) is 0 Å². The predicted molar refractivity (Wildman–Crippen MR) is 137 cm³/mol. The molecule has 0 amide bonds. The van der Waals surface area contributed by atoms with E-state index in [2.05, 4.69) is 0 Å². The van der Waals surface area contributed by atoms with E-state index in [1.54, 1.807) is 24.3 Å². The van der Waals surface area contributed by atoms with Crippen LogP contribution in [0, 0.1) is 0 Å². The molecular weight excluding hydrogens is 468 g/mol. The number of carboxylic acids is 1. The highest BCUT2D eigenvalue weighted by atomic mass is 32.2. The minimum absolute atomic E-state index is 0.161. The number of hydrogen-bond acceptors (Lipinski definition) is 6. The van der Waals surface area contributed by atoms with Crippen molar-refractivity contribution in [1.29, 1.82) is 0 Å². The molecule has 0 saturated carbocycles. The minimum atomic E-state index is -1.24. The van der Waals surface area contributed by atoms with Crippen molar-refractivity contribution in [1.82, 2.24) is 0 Å². The van der Waals surface area contributed by atoms with Crippen molar-refractivity contribution >= 4 is 41.4 Å². The molecule has 0 atom stereocenters. The standard InChI is InChI=1S/C27H22O5S2/c28-22(13-11-19-12-14-23-24(15-19)32-18-31-23)25(26(29)30)27(33-16-20-7-3-1-4-8-20)34-17-21-9-5-2-6-10-21/h1-15H,16-18H2,(H,29,30)/b13-11+. The van der Waals surface area contributed by atoms with Crippen LogP contribution in [-0.4, -0.2) is 23.7 Å². The molecule has 3 aromatic carbocycles. The molecule has 0 bridgehead atoms. The molecule has 0 aliphatic carbocycles. The Kier molecular flexibility index (Phi) is 8.12. The van der Waals surface area contributed by atoms with E-state index in [1.807, 2.05) is 60.7 Å². The summed E-state index contributed by atoms with van der Waals surface area (Å²) >= 11 is 2.73. The second-order valence-corrected chi connectivity index (χ2v) is 9.56. The van der Waals surface area contributed by atoms with Crippen molar-refractivity contribution in [2.75, 3.05) is 6.79 Å². The fourth-order valence-electron chi connectivity index (χ4n) is 3.20. The Balaban J connectivity index is 1.58. The molecule has 1 N–H and O–H groups in total. The largest absolute Gasteiger partial charge is 0.477 e. The van der Waals surface area contributed by atoms with Crippen LogP contribution in [0.5, 0.6) is 11.5 Å². The van der Waals surface area contributed by atoms with Gasteiger partial charge in [-0.25, -0.2) is 4.79 Å². The van der Waals surface area contributed by atoms with Crippen LogP contribution in [0.15, 0.2) is 94.7 Å². The summed E-state index contributed by atoms with van der Waals surface area (Å²) in [6.45, 7) is 0.161. The maximum Gasteiger partial charge on any atom is 0.341 e. The van der Waals surface area contributed by atoms with Gasteiger partial charge in [-0.3, -0.25) is 4.79 Å². The number of hydrogen-bond donors (Lipinski definition) is 1. The number of aliphatic carboxylic acids is 1. The summed E-state index contributed by atoms with van der Waals surface area (Å²) in [5.74, 6) is 0.576. The van der Waals surface area contributed by atoms with Crippen molar-refractivity contribution in [3.8, 4) is 11.5 Å². The van der Waals surface area contributed by atoms with E-state index in [4.69, 9.17) is 9.47 Å². The SMILES string of the molecule is O=C(O)C(C(=O)/C=C/c1ccc2c(c1)OCO2)=C(SCc1ccccc1)SCc1ccccc1. The van der Waals surface area contributed by atoms with E-state index >= 15 is 0 Å². The van der Waals surface area contributed by atoms with Crippen LogP contribution in [-0.2, 0) is 21.1 Å². The summed E-state index contributed by atoms with van der Waals surface area (Å²) in [5, 5.41) is 9.96. The molecule has 0 unspecified atom stereocenters. The highest BCUT2D eigenvalue weighted by Gasteiger charge is 2.22. The van der Waals surface area contributed by atoms with Crippen LogP contribution < -0.4 is 9.47 Å². The van der Waals surface area contributed by atoms with Gasteiger partial charge in [-0.2, -0.15) is 0 Å². The molecular formula is C27H22O5S2. The third-order valence-corrected chi connectivity index (χ3v) is 7.51. The molecule has 0 radical (unpaired) electrons. The van der Waals surface area contributed by atoms with Gasteiger partial charge in [0.15, 0.2) is 17.3 Å². The quantitative estimate of drug-likeness (QED) is 0.207. The Bertz CT molecular complexity index is 1170. The van der Waals surface area contributed by atoms with Crippen molar-refractivity contribution in [3.63, 3.8) is 0 Å². The second-order valence-electron chi connectivity index (χ2n) is 7.33. The molecule has 1 aliphatic heterocycles. The van der Waals surface area contributed by atoms with Crippen molar-refractivity contribution in [2.24, 2.45) is 0 Å². The molecule has 1 aliphatic rings. The summed E-state index contributed by atoms with van der Waals surface area (Å²) in [7, 11) is 0. The van der Waals surface area contributed by atoms with Crippen LogP contribution in [0.1, 0.15) is 16.7 Å². The fourth-order valence-corrected chi connectivity index (χ4v) is 5.53. The van der Waals surface area contributed by atoms with Crippen LogP contribution >= 0.6 is 23.5 Å². The molecule has 4 rings (SSSR count). The summed E-state index contributed by atoms with van der Waals surface area (Å²) in [6, 6.07) is 24.8. The lowest BCUT2D eigenvalue weighted by molar-refractivity contribution is -0.134. The number of benzene rings is 3. The number of fused-ring (bicyclic) bond motifs is 1. The number of carboxylic acid groups (broad SMARTS) is 1. The summed E-state index contributed by atoms with van der Waals surface area (Å²) in [4.78, 5) is 25.2. The van der Waals surface area contributed by atoms with E-state index in [0.29, 0.717) is 27.2 Å². The summed E-state index contributed by atoms with van der Waals surface area (Å²) < 4.78 is 11.2. The number of ether oxygens (including phenoxy) is 2. The van der Waals surface area contributed by atoms with Gasteiger partial charge in [0, 0.05) is 11.5 Å². The molecule has 3 aromatic rings. The molecule has 0 saturated heterocycles. The maximum absolute atomic E-state index is 13.0. The van der Waals surface area contributed by atoms with Gasteiger partial charge in [0.25, 0.3) is 0 Å². The van der Waals surface area contributed by atoms with Gasteiger partial charge >= 0.3 is 5.97 Å². The Morgan fingerprint density at radius 1 is 0.824 bits per heavy atom. The highest BCUT2D eigenvalue weighted by molar-refractivity contribution is 8.21. The van der Waals surface area contributed by atoms with Gasteiger partial charge in [0.05, 0.1) is 4.24 Å². The zero-order valence-electron chi connectivity index (χ0n) is 18.2. The van der Waals surface area contributed by atoms with Crippen LogP contribution in [0.3, 0.4) is 0 Å². The first-order valence-electron chi connectivity index (χ1n) is 10.5. The van der Waals surface area contributed by atoms with Gasteiger partial charge in [0.2, 0.25) is 6.79 Å². The lowest BCUT2D eigenvalue weighted by atomic mass is 10.1. The molecule has 0 fully saturated rings. The first-order chi connectivity index (χ1) is 16.6. The Morgan fingerprint density at radius 2 is 1.41 bits per heavy atom. The summed E-state index contributed by atoms with van der Waals surface area (Å²) in [5.41, 5.74) is 2.61. The number of allylic oxidation sites excluding steroid dienone is 1. The number of carbonyl (C=O) groups excluding carboxylic acids is 1. The Morgan fingerprint density at radius 3 is 2.00 bits per heavy atom. The average molecular weight is 491 g/mol. The van der Waals surface area contributed by atoms with E-state index < -0.39 is 11.8 Å². The number of rotatable bonds is 10. The Hall–Kier alpha value is -3.42. The zero-order valence-corrected chi connectivity index (χ0v) is 19.8. The predicted octanol–water partition coefficient (Wildman–Crippen LogP) is 6.16. The lowest BCUT2D eigenvalue weighted by Gasteiger charge is -2.11. The van der Waals surface area contributed by atoms with E-state index in [0.717, 1.165) is 16.7 Å². The fraction of sp³-hybridized carbons (Fsp3) is 0.111. The smallest absolute Gasteiger partial charge is 0.341 e. The number of thioether (sulfide) groups is 2. The third kappa shape index (κ3) is 6.34. The molecule has 34 heavy (non-hydrogen) atoms. The molecule has 5 nitrogen and oxygen atoms in total. The topological polar surface area (TPSA) is 72.8 Å². The van der Waals surface area contributed by atoms with Crippen molar-refractivity contribution in [2.45, 2.75) is 11.5 Å². The Labute approximate surface area is 206 Å². The van der Waals surface area contributed by atoms with Crippen LogP contribution in [0.25, 0.3) is 6.08 Å². The highest BCUT2D eigenvalue weighted by Crippen LogP contribution is 2.37. The lowest BCUT2D eigenvalue weighted by Crippen LogP contribution is -2.12. The van der Waals surface area contributed by atoms with Crippen molar-refractivity contribution in [3.05, 3.63) is 111 Å². The number of carbonyl (C=O) groups is 2. The zero-order chi connectivity index (χ0) is 23.8. The molecule has 0 spiro atoms. The molecule has 1 heterocycles.